The monoisotopic (exact) mass is 305 g/mol. The van der Waals surface area contributed by atoms with Crippen molar-refractivity contribution in [2.45, 2.75) is 39.5 Å². The Morgan fingerprint density at radius 3 is 2.86 bits per heavy atom. The first-order chi connectivity index (χ1) is 10.1. The summed E-state index contributed by atoms with van der Waals surface area (Å²) in [6, 6.07) is 0. The summed E-state index contributed by atoms with van der Waals surface area (Å²) in [6.45, 7) is 7.20. The molecule has 1 saturated heterocycles. The van der Waals surface area contributed by atoms with Gasteiger partial charge < -0.3 is 9.42 Å². The molecule has 112 valence electrons. The summed E-state index contributed by atoms with van der Waals surface area (Å²) in [4.78, 5) is 20.3. The molecule has 6 heteroatoms. The van der Waals surface area contributed by atoms with Crippen LogP contribution in [-0.4, -0.2) is 34.0 Å². The van der Waals surface area contributed by atoms with Crippen molar-refractivity contribution in [3.05, 3.63) is 33.1 Å². The fraction of sp³-hybridized carbons (Fsp3) is 0.533. The van der Waals surface area contributed by atoms with Crippen molar-refractivity contribution in [3.8, 4) is 0 Å². The molecule has 0 aromatic carbocycles. The van der Waals surface area contributed by atoms with Crippen molar-refractivity contribution in [3.63, 3.8) is 0 Å². The maximum Gasteiger partial charge on any atom is 0.259 e. The van der Waals surface area contributed by atoms with Gasteiger partial charge in [0.2, 0.25) is 0 Å². The first-order valence-electron chi connectivity index (χ1n) is 7.20. The highest BCUT2D eigenvalue weighted by atomic mass is 32.1. The highest BCUT2D eigenvalue weighted by Gasteiger charge is 2.29. The summed E-state index contributed by atoms with van der Waals surface area (Å²) >= 11 is 1.73. The van der Waals surface area contributed by atoms with Gasteiger partial charge in [-0.05, 0) is 33.6 Å². The molecular formula is C15H19N3O2S. The van der Waals surface area contributed by atoms with Gasteiger partial charge in [-0.15, -0.1) is 11.3 Å². The minimum Gasteiger partial charge on any atom is -0.361 e. The second-order valence-corrected chi connectivity index (χ2v) is 6.86. The van der Waals surface area contributed by atoms with Crippen molar-refractivity contribution in [1.29, 1.82) is 0 Å². The van der Waals surface area contributed by atoms with E-state index in [-0.39, 0.29) is 5.91 Å². The van der Waals surface area contributed by atoms with Crippen LogP contribution >= 0.6 is 11.3 Å². The van der Waals surface area contributed by atoms with Crippen molar-refractivity contribution in [1.82, 2.24) is 15.0 Å². The zero-order chi connectivity index (χ0) is 15.0. The van der Waals surface area contributed by atoms with Crippen molar-refractivity contribution < 1.29 is 9.32 Å². The molecule has 3 rings (SSSR count). The lowest BCUT2D eigenvalue weighted by atomic mass is 9.98. The first kappa shape index (κ1) is 14.3. The minimum absolute atomic E-state index is 0.0317. The standard InChI is InChI=1S/C15H19N3O2S/c1-9-7-16-14(21-9)12-5-4-6-18(8-12)15(19)13-10(2)17-20-11(13)3/h7,12H,4-6,8H2,1-3H3/t12-/m0/s1. The Kier molecular flexibility index (Phi) is 3.80. The Balaban J connectivity index is 1.78. The van der Waals surface area contributed by atoms with E-state index in [2.05, 4.69) is 17.1 Å². The number of aromatic nitrogens is 2. The Labute approximate surface area is 128 Å². The lowest BCUT2D eigenvalue weighted by Crippen LogP contribution is -2.39. The zero-order valence-corrected chi connectivity index (χ0v) is 13.4. The summed E-state index contributed by atoms with van der Waals surface area (Å²) in [5.41, 5.74) is 1.29. The van der Waals surface area contributed by atoms with Crippen molar-refractivity contribution in [2.24, 2.45) is 0 Å². The third-order valence-electron chi connectivity index (χ3n) is 3.94. The molecule has 5 nitrogen and oxygen atoms in total. The second kappa shape index (κ2) is 5.60. The van der Waals surface area contributed by atoms with E-state index in [1.54, 1.807) is 18.3 Å². The SMILES string of the molecule is Cc1cnc([C@H]2CCCN(C(=O)c3c(C)noc3C)C2)s1. The lowest BCUT2D eigenvalue weighted by Gasteiger charge is -2.31. The van der Waals surface area contributed by atoms with Crippen LogP contribution in [0.3, 0.4) is 0 Å². The number of carbonyl (C=O) groups excluding carboxylic acids is 1. The Hall–Kier alpha value is -1.69. The number of hydrogen-bond acceptors (Lipinski definition) is 5. The van der Waals surface area contributed by atoms with E-state index < -0.39 is 0 Å². The molecule has 2 aromatic rings. The first-order valence-corrected chi connectivity index (χ1v) is 8.02. The predicted octanol–water partition coefficient (Wildman–Crippen LogP) is 3.08. The van der Waals surface area contributed by atoms with Crippen LogP contribution in [0, 0.1) is 20.8 Å². The van der Waals surface area contributed by atoms with Crippen LogP contribution in [0.5, 0.6) is 0 Å². The molecule has 0 unspecified atom stereocenters. The summed E-state index contributed by atoms with van der Waals surface area (Å²) < 4.78 is 5.11. The number of thiazole rings is 1. The molecular weight excluding hydrogens is 286 g/mol. The van der Waals surface area contributed by atoms with Gasteiger partial charge in [0.05, 0.1) is 10.7 Å². The fourth-order valence-electron chi connectivity index (χ4n) is 2.87. The molecule has 0 saturated carbocycles. The van der Waals surface area contributed by atoms with Crippen LogP contribution in [0.15, 0.2) is 10.7 Å². The maximum absolute atomic E-state index is 12.7. The number of rotatable bonds is 2. The topological polar surface area (TPSA) is 59.2 Å². The average molecular weight is 305 g/mol. The van der Waals surface area contributed by atoms with Crippen LogP contribution in [0.25, 0.3) is 0 Å². The molecule has 1 aliphatic heterocycles. The molecule has 3 heterocycles. The zero-order valence-electron chi connectivity index (χ0n) is 12.5. The number of piperidine rings is 1. The Morgan fingerprint density at radius 1 is 1.43 bits per heavy atom. The van der Waals surface area contributed by atoms with Crippen LogP contribution in [-0.2, 0) is 0 Å². The van der Waals surface area contributed by atoms with Gasteiger partial charge in [-0.2, -0.15) is 0 Å². The van der Waals surface area contributed by atoms with Crippen molar-refractivity contribution >= 4 is 17.2 Å². The largest absolute Gasteiger partial charge is 0.361 e. The molecule has 0 spiro atoms. The minimum atomic E-state index is 0.0317. The summed E-state index contributed by atoms with van der Waals surface area (Å²) in [5, 5.41) is 5.02. The molecule has 1 aliphatic rings. The molecule has 2 aromatic heterocycles. The highest BCUT2D eigenvalue weighted by Crippen LogP contribution is 2.30. The molecule has 1 atom stereocenters. The van der Waals surface area contributed by atoms with Gasteiger partial charge in [0.1, 0.15) is 11.3 Å². The average Bonchev–Trinajstić information content (AvgIpc) is 3.05. The quantitative estimate of drug-likeness (QED) is 0.855. The second-order valence-electron chi connectivity index (χ2n) is 5.60. The van der Waals surface area contributed by atoms with Crippen LogP contribution in [0.4, 0.5) is 0 Å². The number of carbonyl (C=O) groups is 1. The maximum atomic E-state index is 12.7. The fourth-order valence-corrected chi connectivity index (χ4v) is 3.77. The summed E-state index contributed by atoms with van der Waals surface area (Å²) in [5.74, 6) is 0.982. The molecule has 21 heavy (non-hydrogen) atoms. The van der Waals surface area contributed by atoms with Crippen molar-refractivity contribution in [2.75, 3.05) is 13.1 Å². The van der Waals surface area contributed by atoms with E-state index in [4.69, 9.17) is 4.52 Å². The van der Waals surface area contributed by atoms with Crippen LogP contribution < -0.4 is 0 Å². The number of nitrogens with zero attached hydrogens (tertiary/aromatic N) is 3. The molecule has 1 amide bonds. The van der Waals surface area contributed by atoms with E-state index in [1.165, 1.54) is 4.88 Å². The van der Waals surface area contributed by atoms with E-state index in [1.807, 2.05) is 18.0 Å². The predicted molar refractivity (Wildman–Crippen MR) is 80.7 cm³/mol. The number of hydrogen-bond donors (Lipinski definition) is 0. The van der Waals surface area contributed by atoms with Gasteiger partial charge >= 0.3 is 0 Å². The van der Waals surface area contributed by atoms with E-state index in [0.29, 0.717) is 22.9 Å². The van der Waals surface area contributed by atoms with Gasteiger partial charge in [-0.25, -0.2) is 4.98 Å². The Bertz CT molecular complexity index is 642. The summed E-state index contributed by atoms with van der Waals surface area (Å²) in [6.07, 6.45) is 4.02. The lowest BCUT2D eigenvalue weighted by molar-refractivity contribution is 0.0704. The van der Waals surface area contributed by atoms with Crippen LogP contribution in [0.1, 0.15) is 50.5 Å². The third kappa shape index (κ3) is 2.72. The van der Waals surface area contributed by atoms with Gasteiger partial charge in [0.15, 0.2) is 0 Å². The van der Waals surface area contributed by atoms with Gasteiger partial charge in [-0.1, -0.05) is 5.16 Å². The molecule has 0 radical (unpaired) electrons. The molecule has 0 bridgehead atoms. The molecule has 1 fully saturated rings. The number of amides is 1. The van der Waals surface area contributed by atoms with Crippen LogP contribution in [0.2, 0.25) is 0 Å². The van der Waals surface area contributed by atoms with Gasteiger partial charge in [-0.3, -0.25) is 4.79 Å². The smallest absolute Gasteiger partial charge is 0.259 e. The number of aryl methyl sites for hydroxylation is 3. The summed E-state index contributed by atoms with van der Waals surface area (Å²) in [7, 11) is 0. The Morgan fingerprint density at radius 2 is 2.24 bits per heavy atom. The van der Waals surface area contributed by atoms with Gasteiger partial charge in [0.25, 0.3) is 5.91 Å². The third-order valence-corrected chi connectivity index (χ3v) is 5.02. The molecule has 0 aliphatic carbocycles. The molecule has 0 N–H and O–H groups in total. The van der Waals surface area contributed by atoms with E-state index in [0.717, 1.165) is 30.9 Å². The normalized spacial score (nSPS) is 19.0. The number of likely N-dealkylation sites (tertiary alicyclic amines) is 1. The van der Waals surface area contributed by atoms with E-state index in [9.17, 15) is 4.79 Å². The van der Waals surface area contributed by atoms with Gasteiger partial charge in [0, 0.05) is 30.1 Å². The highest BCUT2D eigenvalue weighted by molar-refractivity contribution is 7.11. The van der Waals surface area contributed by atoms with E-state index >= 15 is 0 Å².